The molecule has 0 bridgehead atoms. The van der Waals surface area contributed by atoms with E-state index in [1.165, 1.54) is 0 Å². The van der Waals surface area contributed by atoms with E-state index in [0.717, 1.165) is 25.7 Å². The van der Waals surface area contributed by atoms with E-state index in [0.29, 0.717) is 6.61 Å². The molecule has 0 fully saturated rings. The number of ether oxygens (including phenoxy) is 1. The van der Waals surface area contributed by atoms with Crippen LogP contribution >= 0.6 is 0 Å². The Morgan fingerprint density at radius 3 is 2.14 bits per heavy atom. The first-order valence-corrected chi connectivity index (χ1v) is 8.11. The third-order valence-electron chi connectivity index (χ3n) is 3.11. The molecule has 0 spiro atoms. The fourth-order valence-corrected chi connectivity index (χ4v) is 2.68. The van der Waals surface area contributed by atoms with Gasteiger partial charge in [0.25, 0.3) is 10.1 Å². The van der Waals surface area contributed by atoms with Crippen molar-refractivity contribution in [1.29, 1.82) is 0 Å². The largest absolute Gasteiger partial charge is 0.481 e. The number of unbranched alkanes of at least 4 members (excludes halogenated alkanes) is 3. The number of hydrogen-bond donors (Lipinski definition) is 3. The molecule has 1 unspecified atom stereocenters. The van der Waals surface area contributed by atoms with Crippen molar-refractivity contribution < 1.29 is 37.5 Å². The first-order chi connectivity index (χ1) is 9.67. The molecule has 0 amide bonds. The summed E-state index contributed by atoms with van der Waals surface area (Å²) in [7, 11) is -5.08. The summed E-state index contributed by atoms with van der Waals surface area (Å²) in [6.07, 6.45) is 1.92. The van der Waals surface area contributed by atoms with E-state index < -0.39 is 39.6 Å². The predicted octanol–water partition coefficient (Wildman–Crippen LogP) is 1.16. The summed E-state index contributed by atoms with van der Waals surface area (Å²) in [6.45, 7) is 2.11. The molecule has 0 aliphatic carbocycles. The van der Waals surface area contributed by atoms with Crippen molar-refractivity contribution in [3.05, 3.63) is 0 Å². The summed E-state index contributed by atoms with van der Waals surface area (Å²) in [5.41, 5.74) is 0. The molecule has 0 radical (unpaired) electrons. The number of aliphatic carboxylic acids is 2. The summed E-state index contributed by atoms with van der Waals surface area (Å²) in [5, 5.41) is 17.7. The Labute approximate surface area is 123 Å². The summed E-state index contributed by atoms with van der Waals surface area (Å²) >= 11 is 0. The molecule has 0 saturated heterocycles. The standard InChI is InChI=1S/C12H22O8S/c1-2-3-4-5-7-20-8-6-12(11(15)16,9-10(13)14)21(17,18)19/h2-9H2,1H3,(H,13,14)(H,15,16)(H,17,18,19). The molecule has 0 aromatic heterocycles. The van der Waals surface area contributed by atoms with Gasteiger partial charge in [-0.1, -0.05) is 26.2 Å². The van der Waals surface area contributed by atoms with Crippen molar-refractivity contribution >= 4 is 22.1 Å². The van der Waals surface area contributed by atoms with E-state index in [1.807, 2.05) is 6.92 Å². The lowest BCUT2D eigenvalue weighted by atomic mass is 10.0. The van der Waals surface area contributed by atoms with Gasteiger partial charge in [-0.25, -0.2) is 0 Å². The van der Waals surface area contributed by atoms with Crippen LogP contribution in [0.15, 0.2) is 0 Å². The lowest BCUT2D eigenvalue weighted by molar-refractivity contribution is -0.147. The van der Waals surface area contributed by atoms with Crippen molar-refractivity contribution in [2.75, 3.05) is 13.2 Å². The van der Waals surface area contributed by atoms with Crippen LogP contribution in [-0.2, 0) is 24.4 Å². The van der Waals surface area contributed by atoms with E-state index >= 15 is 0 Å². The van der Waals surface area contributed by atoms with Crippen molar-refractivity contribution in [1.82, 2.24) is 0 Å². The highest BCUT2D eigenvalue weighted by atomic mass is 32.2. The molecule has 0 aliphatic rings. The minimum Gasteiger partial charge on any atom is -0.481 e. The van der Waals surface area contributed by atoms with E-state index in [2.05, 4.69) is 0 Å². The Morgan fingerprint density at radius 1 is 1.10 bits per heavy atom. The molecule has 0 aromatic carbocycles. The van der Waals surface area contributed by atoms with Crippen molar-refractivity contribution in [2.45, 2.75) is 50.2 Å². The lowest BCUT2D eigenvalue weighted by Gasteiger charge is -2.24. The van der Waals surface area contributed by atoms with Crippen LogP contribution in [0, 0.1) is 0 Å². The monoisotopic (exact) mass is 326 g/mol. The van der Waals surface area contributed by atoms with Crippen molar-refractivity contribution in [3.8, 4) is 0 Å². The summed E-state index contributed by atoms with van der Waals surface area (Å²) in [5.74, 6) is -3.53. The van der Waals surface area contributed by atoms with Crippen molar-refractivity contribution in [3.63, 3.8) is 0 Å². The van der Waals surface area contributed by atoms with Gasteiger partial charge in [0.1, 0.15) is 0 Å². The summed E-state index contributed by atoms with van der Waals surface area (Å²) in [6, 6.07) is 0. The number of rotatable bonds is 12. The van der Waals surface area contributed by atoms with Crippen LogP contribution in [0.3, 0.4) is 0 Å². The van der Waals surface area contributed by atoms with Gasteiger partial charge in [-0.2, -0.15) is 8.42 Å². The molecule has 0 saturated carbocycles. The second kappa shape index (κ2) is 8.96. The molecule has 21 heavy (non-hydrogen) atoms. The lowest BCUT2D eigenvalue weighted by Crippen LogP contribution is -2.48. The SMILES string of the molecule is CCCCCCOCCC(CC(=O)O)(C(=O)O)S(=O)(=O)O. The van der Waals surface area contributed by atoms with E-state index in [9.17, 15) is 18.0 Å². The summed E-state index contributed by atoms with van der Waals surface area (Å²) in [4.78, 5) is 21.8. The molecule has 9 heteroatoms. The van der Waals surface area contributed by atoms with Gasteiger partial charge in [-0.15, -0.1) is 0 Å². The minimum atomic E-state index is -5.08. The fraction of sp³-hybridized carbons (Fsp3) is 0.833. The molecule has 0 aromatic rings. The highest BCUT2D eigenvalue weighted by Crippen LogP contribution is 2.26. The maximum atomic E-state index is 11.3. The average Bonchev–Trinajstić information content (AvgIpc) is 2.34. The van der Waals surface area contributed by atoms with Gasteiger partial charge in [0, 0.05) is 19.6 Å². The second-order valence-corrected chi connectivity index (χ2v) is 6.50. The van der Waals surface area contributed by atoms with E-state index in [-0.39, 0.29) is 6.61 Å². The van der Waals surface area contributed by atoms with Crippen LogP contribution in [0.4, 0.5) is 0 Å². The molecule has 0 aliphatic heterocycles. The number of hydrogen-bond acceptors (Lipinski definition) is 5. The second-order valence-electron chi connectivity index (χ2n) is 4.77. The highest BCUT2D eigenvalue weighted by Gasteiger charge is 2.52. The van der Waals surface area contributed by atoms with Gasteiger partial charge in [-0.3, -0.25) is 14.1 Å². The Morgan fingerprint density at radius 2 is 1.71 bits per heavy atom. The van der Waals surface area contributed by atoms with Gasteiger partial charge < -0.3 is 14.9 Å². The molecule has 0 heterocycles. The van der Waals surface area contributed by atoms with Gasteiger partial charge in [0.2, 0.25) is 4.75 Å². The number of carboxylic acid groups (broad SMARTS) is 2. The smallest absolute Gasteiger partial charge is 0.328 e. The highest BCUT2D eigenvalue weighted by molar-refractivity contribution is 7.88. The molecule has 3 N–H and O–H groups in total. The van der Waals surface area contributed by atoms with Gasteiger partial charge in [-0.05, 0) is 6.42 Å². The zero-order valence-electron chi connectivity index (χ0n) is 11.9. The minimum absolute atomic E-state index is 0.258. The topological polar surface area (TPSA) is 138 Å². The molecule has 124 valence electrons. The van der Waals surface area contributed by atoms with Crippen LogP contribution in [-0.4, -0.2) is 53.1 Å². The van der Waals surface area contributed by atoms with Gasteiger partial charge in [0.05, 0.1) is 6.42 Å². The van der Waals surface area contributed by atoms with E-state index in [1.54, 1.807) is 0 Å². The van der Waals surface area contributed by atoms with Crippen molar-refractivity contribution in [2.24, 2.45) is 0 Å². The third kappa shape index (κ3) is 6.40. The normalized spacial score (nSPS) is 14.6. The Kier molecular flexibility index (Phi) is 8.45. The van der Waals surface area contributed by atoms with Crippen LogP contribution in [0.25, 0.3) is 0 Å². The first kappa shape index (κ1) is 19.8. The van der Waals surface area contributed by atoms with Gasteiger partial charge >= 0.3 is 11.9 Å². The maximum absolute atomic E-state index is 11.3. The van der Waals surface area contributed by atoms with Crippen LogP contribution in [0.1, 0.15) is 45.4 Å². The molecule has 1 atom stereocenters. The average molecular weight is 326 g/mol. The zero-order valence-corrected chi connectivity index (χ0v) is 12.8. The maximum Gasteiger partial charge on any atom is 0.328 e. The number of carbonyl (C=O) groups is 2. The zero-order chi connectivity index (χ0) is 16.5. The van der Waals surface area contributed by atoms with Crippen LogP contribution < -0.4 is 0 Å². The quantitative estimate of drug-likeness (QED) is 0.359. The Bertz CT molecular complexity index is 444. The number of carboxylic acids is 2. The summed E-state index contributed by atoms with van der Waals surface area (Å²) < 4.78 is 34.0. The predicted molar refractivity (Wildman–Crippen MR) is 73.7 cm³/mol. The fourth-order valence-electron chi connectivity index (χ4n) is 1.82. The Hall–Kier alpha value is -1.19. The molecular weight excluding hydrogens is 304 g/mol. The molecule has 8 nitrogen and oxygen atoms in total. The third-order valence-corrected chi connectivity index (χ3v) is 4.62. The van der Waals surface area contributed by atoms with Gasteiger partial charge in [0.15, 0.2) is 0 Å². The Balaban J connectivity index is 4.63. The van der Waals surface area contributed by atoms with Crippen LogP contribution in [0.2, 0.25) is 0 Å². The first-order valence-electron chi connectivity index (χ1n) is 6.67. The van der Waals surface area contributed by atoms with Crippen LogP contribution in [0.5, 0.6) is 0 Å². The molecular formula is C12H22O8S. The molecule has 0 rings (SSSR count). The van der Waals surface area contributed by atoms with E-state index in [4.69, 9.17) is 19.5 Å².